The molecule has 0 spiro atoms. The Balaban J connectivity index is 1.80. The van der Waals surface area contributed by atoms with Gasteiger partial charge in [-0.15, -0.1) is 0 Å². The van der Waals surface area contributed by atoms with Gasteiger partial charge < -0.3 is 10.0 Å². The summed E-state index contributed by atoms with van der Waals surface area (Å²) in [4.78, 5) is 16.8. The first kappa shape index (κ1) is 16.3. The first-order chi connectivity index (χ1) is 11.1. The second kappa shape index (κ2) is 6.53. The Bertz CT molecular complexity index is 562. The summed E-state index contributed by atoms with van der Waals surface area (Å²) in [6.45, 7) is 3.13. The first-order valence-corrected chi connectivity index (χ1v) is 8.15. The molecule has 0 unspecified atom stereocenters. The van der Waals surface area contributed by atoms with Crippen LogP contribution in [0.3, 0.4) is 0 Å². The maximum absolute atomic E-state index is 14.2. The van der Waals surface area contributed by atoms with Gasteiger partial charge in [-0.05, 0) is 25.0 Å². The summed E-state index contributed by atoms with van der Waals surface area (Å²) in [6, 6.07) is 3.79. The van der Waals surface area contributed by atoms with Crippen LogP contribution < -0.4 is 0 Å². The topological polar surface area (TPSA) is 43.8 Å². The number of carbonyl (C=O) groups excluding carboxylic acids is 1. The minimum absolute atomic E-state index is 0.0611. The van der Waals surface area contributed by atoms with Crippen LogP contribution in [0.15, 0.2) is 18.2 Å². The zero-order chi connectivity index (χ0) is 16.4. The van der Waals surface area contributed by atoms with Crippen LogP contribution in [0, 0.1) is 11.6 Å². The lowest BCUT2D eigenvalue weighted by atomic mass is 9.63. The molecule has 3 rings (SSSR count). The summed E-state index contributed by atoms with van der Waals surface area (Å²) in [5.41, 5.74) is -1.09. The van der Waals surface area contributed by atoms with Crippen LogP contribution >= 0.6 is 0 Å². The van der Waals surface area contributed by atoms with Crippen molar-refractivity contribution in [2.45, 2.75) is 24.7 Å². The van der Waals surface area contributed by atoms with Crippen molar-refractivity contribution in [2.24, 2.45) is 0 Å². The van der Waals surface area contributed by atoms with E-state index in [1.54, 1.807) is 4.90 Å². The second-order valence-electron chi connectivity index (χ2n) is 6.39. The Morgan fingerprint density at radius 3 is 2.22 bits per heavy atom. The van der Waals surface area contributed by atoms with Gasteiger partial charge in [0.2, 0.25) is 5.91 Å². The van der Waals surface area contributed by atoms with E-state index in [2.05, 4.69) is 4.90 Å². The number of benzene rings is 1. The monoisotopic (exact) mass is 324 g/mol. The molecule has 4 nitrogen and oxygen atoms in total. The van der Waals surface area contributed by atoms with E-state index in [1.807, 2.05) is 0 Å². The fourth-order valence-corrected chi connectivity index (χ4v) is 3.67. The molecule has 1 aromatic rings. The van der Waals surface area contributed by atoms with Crippen molar-refractivity contribution in [3.8, 4) is 0 Å². The molecular formula is C17H22F2N2O2. The van der Waals surface area contributed by atoms with Crippen molar-refractivity contribution in [3.05, 3.63) is 35.4 Å². The van der Waals surface area contributed by atoms with Gasteiger partial charge in [0.1, 0.15) is 11.6 Å². The molecule has 2 fully saturated rings. The fourth-order valence-electron chi connectivity index (χ4n) is 3.67. The third-order valence-electron chi connectivity index (χ3n) is 5.13. The van der Waals surface area contributed by atoms with E-state index in [1.165, 1.54) is 18.2 Å². The van der Waals surface area contributed by atoms with Gasteiger partial charge in [-0.25, -0.2) is 8.78 Å². The highest BCUT2D eigenvalue weighted by Gasteiger charge is 2.50. The van der Waals surface area contributed by atoms with Crippen molar-refractivity contribution in [1.82, 2.24) is 9.80 Å². The number of β-amino-alcohol motifs (C(OH)–C–C–N with tert-alkyl or cyclic N) is 1. The molecule has 1 heterocycles. The minimum atomic E-state index is -1.03. The molecule has 2 aliphatic rings. The van der Waals surface area contributed by atoms with Crippen LogP contribution in [0.5, 0.6) is 0 Å². The van der Waals surface area contributed by atoms with E-state index in [9.17, 15) is 13.6 Å². The SMILES string of the molecule is O=C(N1CCN(CCO)CC1)C1(c2c(F)cccc2F)CCC1. The molecule has 126 valence electrons. The number of rotatable bonds is 4. The average molecular weight is 324 g/mol. The lowest BCUT2D eigenvalue weighted by Gasteiger charge is -2.46. The highest BCUT2D eigenvalue weighted by Crippen LogP contribution is 2.47. The Kier molecular flexibility index (Phi) is 4.64. The molecule has 1 amide bonds. The predicted octanol–water partition coefficient (Wildman–Crippen LogP) is 1.52. The third kappa shape index (κ3) is 2.85. The summed E-state index contributed by atoms with van der Waals surface area (Å²) >= 11 is 0. The maximum Gasteiger partial charge on any atom is 0.233 e. The number of piperazine rings is 1. The molecule has 0 atom stereocenters. The van der Waals surface area contributed by atoms with E-state index in [4.69, 9.17) is 5.11 Å². The van der Waals surface area contributed by atoms with Gasteiger partial charge in [0, 0.05) is 38.3 Å². The maximum atomic E-state index is 14.2. The normalized spacial score (nSPS) is 21.1. The summed E-state index contributed by atoms with van der Waals surface area (Å²) in [5.74, 6) is -1.41. The number of aliphatic hydroxyl groups excluding tert-OH is 1. The Morgan fingerprint density at radius 2 is 1.74 bits per heavy atom. The van der Waals surface area contributed by atoms with Crippen molar-refractivity contribution < 1.29 is 18.7 Å². The molecule has 0 aromatic heterocycles. The summed E-state index contributed by atoms with van der Waals surface area (Å²) in [6.07, 6.45) is 1.81. The van der Waals surface area contributed by atoms with Crippen LogP contribution in [0.1, 0.15) is 24.8 Å². The molecule has 1 saturated heterocycles. The van der Waals surface area contributed by atoms with Crippen LogP contribution in [-0.4, -0.2) is 60.1 Å². The average Bonchev–Trinajstić information content (AvgIpc) is 2.50. The highest BCUT2D eigenvalue weighted by atomic mass is 19.1. The van der Waals surface area contributed by atoms with Crippen molar-refractivity contribution in [2.75, 3.05) is 39.3 Å². The molecule has 0 bridgehead atoms. The van der Waals surface area contributed by atoms with E-state index in [0.717, 1.165) is 6.42 Å². The largest absolute Gasteiger partial charge is 0.395 e. The van der Waals surface area contributed by atoms with Crippen LogP contribution in [0.25, 0.3) is 0 Å². The number of hydrogen-bond acceptors (Lipinski definition) is 3. The van der Waals surface area contributed by atoms with Gasteiger partial charge in [0.25, 0.3) is 0 Å². The Morgan fingerprint density at radius 1 is 1.13 bits per heavy atom. The molecule has 6 heteroatoms. The van der Waals surface area contributed by atoms with Gasteiger partial charge >= 0.3 is 0 Å². The lowest BCUT2D eigenvalue weighted by molar-refractivity contribution is -0.143. The first-order valence-electron chi connectivity index (χ1n) is 8.15. The van der Waals surface area contributed by atoms with Gasteiger partial charge in [0.05, 0.1) is 12.0 Å². The van der Waals surface area contributed by atoms with Crippen LogP contribution in [0.4, 0.5) is 8.78 Å². The van der Waals surface area contributed by atoms with Crippen molar-refractivity contribution in [1.29, 1.82) is 0 Å². The quantitative estimate of drug-likeness (QED) is 0.913. The smallest absolute Gasteiger partial charge is 0.233 e. The summed E-state index contributed by atoms with van der Waals surface area (Å²) < 4.78 is 28.4. The van der Waals surface area contributed by atoms with E-state index >= 15 is 0 Å². The van der Waals surface area contributed by atoms with E-state index in [0.29, 0.717) is 45.6 Å². The van der Waals surface area contributed by atoms with E-state index in [-0.39, 0.29) is 18.1 Å². The molecule has 0 radical (unpaired) electrons. The number of halogens is 2. The Labute approximate surface area is 134 Å². The predicted molar refractivity (Wildman–Crippen MR) is 82.0 cm³/mol. The van der Waals surface area contributed by atoms with Crippen LogP contribution in [0.2, 0.25) is 0 Å². The zero-order valence-corrected chi connectivity index (χ0v) is 13.1. The van der Waals surface area contributed by atoms with Gasteiger partial charge in [-0.3, -0.25) is 9.69 Å². The number of hydrogen-bond donors (Lipinski definition) is 1. The molecule has 1 N–H and O–H groups in total. The summed E-state index contributed by atoms with van der Waals surface area (Å²) in [7, 11) is 0. The van der Waals surface area contributed by atoms with Crippen molar-refractivity contribution in [3.63, 3.8) is 0 Å². The number of nitrogens with zero attached hydrogens (tertiary/aromatic N) is 2. The van der Waals surface area contributed by atoms with Gasteiger partial charge in [-0.2, -0.15) is 0 Å². The molecule has 1 aliphatic carbocycles. The lowest BCUT2D eigenvalue weighted by Crippen LogP contribution is -2.57. The van der Waals surface area contributed by atoms with E-state index < -0.39 is 17.0 Å². The molecule has 23 heavy (non-hydrogen) atoms. The standard InChI is InChI=1S/C17H22F2N2O2/c18-13-3-1-4-14(19)15(13)17(5-2-6-17)16(23)21-9-7-20(8-10-21)11-12-22/h1,3-4,22H,2,5-12H2. The minimum Gasteiger partial charge on any atom is -0.395 e. The third-order valence-corrected chi connectivity index (χ3v) is 5.13. The van der Waals surface area contributed by atoms with Gasteiger partial charge in [-0.1, -0.05) is 12.5 Å². The second-order valence-corrected chi connectivity index (χ2v) is 6.39. The molecule has 1 aromatic carbocycles. The Hall–Kier alpha value is -1.53. The van der Waals surface area contributed by atoms with Crippen molar-refractivity contribution >= 4 is 5.91 Å². The number of carbonyl (C=O) groups is 1. The van der Waals surface area contributed by atoms with Gasteiger partial charge in [0.15, 0.2) is 0 Å². The fraction of sp³-hybridized carbons (Fsp3) is 0.588. The number of amides is 1. The highest BCUT2D eigenvalue weighted by molar-refractivity contribution is 5.89. The molecule has 1 aliphatic heterocycles. The molecular weight excluding hydrogens is 302 g/mol. The molecule has 1 saturated carbocycles. The summed E-state index contributed by atoms with van der Waals surface area (Å²) in [5, 5.41) is 8.97. The zero-order valence-electron chi connectivity index (χ0n) is 13.1. The number of aliphatic hydroxyl groups is 1. The van der Waals surface area contributed by atoms with Crippen LogP contribution in [-0.2, 0) is 10.2 Å².